The number of ether oxygens (including phenoxy) is 2. The topological polar surface area (TPSA) is 38.7 Å². The van der Waals surface area contributed by atoms with Crippen molar-refractivity contribution >= 4 is 0 Å². The van der Waals surface area contributed by atoms with E-state index in [0.717, 1.165) is 25.4 Å². The summed E-state index contributed by atoms with van der Waals surface area (Å²) in [5.74, 6) is 0.767. The Balaban J connectivity index is 0.000000382. The third-order valence-corrected chi connectivity index (χ3v) is 3.58. The smallest absolute Gasteiger partial charge is 0.0701 e. The predicted octanol–water partition coefficient (Wildman–Crippen LogP) is 4.12. The first kappa shape index (κ1) is 20.4. The van der Waals surface area contributed by atoms with Gasteiger partial charge in [0.25, 0.3) is 0 Å². The third kappa shape index (κ3) is 12.8. The van der Waals surface area contributed by atoms with Crippen LogP contribution in [0.5, 0.6) is 0 Å². The van der Waals surface area contributed by atoms with Crippen LogP contribution in [0.1, 0.15) is 52.9 Å². The molecule has 0 heterocycles. The maximum atomic E-state index is 8.34. The molecule has 1 aliphatic carbocycles. The first-order chi connectivity index (χ1) is 10.1. The largest absolute Gasteiger partial charge is 0.394 e. The van der Waals surface area contributed by atoms with Crippen molar-refractivity contribution in [3.63, 3.8) is 0 Å². The van der Waals surface area contributed by atoms with E-state index in [1.165, 1.54) is 24.8 Å². The number of unbranched alkanes of at least 4 members (excludes halogenated alkanes) is 1. The lowest BCUT2D eigenvalue weighted by Gasteiger charge is -2.19. The van der Waals surface area contributed by atoms with Crippen LogP contribution in [-0.2, 0) is 9.47 Å². The van der Waals surface area contributed by atoms with Crippen molar-refractivity contribution in [3.8, 4) is 0 Å². The molecule has 1 rings (SSSR count). The third-order valence-electron chi connectivity index (χ3n) is 3.58. The van der Waals surface area contributed by atoms with Gasteiger partial charge in [-0.2, -0.15) is 0 Å². The summed E-state index contributed by atoms with van der Waals surface area (Å²) in [6.45, 7) is 13.0. The van der Waals surface area contributed by atoms with Crippen molar-refractivity contribution < 1.29 is 14.6 Å². The maximum absolute atomic E-state index is 8.34. The number of hydrogen-bond acceptors (Lipinski definition) is 3. The normalized spacial score (nSPS) is 17.7. The number of aliphatic hydroxyl groups excluding tert-OH is 1. The Morgan fingerprint density at radius 3 is 2.43 bits per heavy atom. The minimum atomic E-state index is 0.0922. The fourth-order valence-electron chi connectivity index (χ4n) is 2.05. The van der Waals surface area contributed by atoms with Gasteiger partial charge < -0.3 is 14.6 Å². The molecule has 0 saturated heterocycles. The molecule has 124 valence electrons. The second-order valence-electron chi connectivity index (χ2n) is 5.67. The zero-order valence-corrected chi connectivity index (χ0v) is 14.2. The molecule has 0 fully saturated rings. The maximum Gasteiger partial charge on any atom is 0.0701 e. The van der Waals surface area contributed by atoms with Crippen LogP contribution in [0.25, 0.3) is 0 Å². The lowest BCUT2D eigenvalue weighted by molar-refractivity contribution is 0.0324. The molecule has 1 unspecified atom stereocenters. The van der Waals surface area contributed by atoms with Gasteiger partial charge in [-0.15, -0.1) is 0 Å². The van der Waals surface area contributed by atoms with Crippen molar-refractivity contribution in [2.24, 2.45) is 5.92 Å². The number of hydrogen-bond donors (Lipinski definition) is 1. The van der Waals surface area contributed by atoms with Crippen molar-refractivity contribution in [2.75, 3.05) is 33.0 Å². The Kier molecular flexibility index (Phi) is 13.9. The fraction of sp³-hybridized carbons (Fsp3) is 0.778. The lowest BCUT2D eigenvalue weighted by atomic mass is 9.86. The van der Waals surface area contributed by atoms with E-state index in [2.05, 4.69) is 33.4 Å². The molecule has 0 bridgehead atoms. The highest BCUT2D eigenvalue weighted by molar-refractivity contribution is 5.09. The molecule has 0 amide bonds. The van der Waals surface area contributed by atoms with Gasteiger partial charge >= 0.3 is 0 Å². The van der Waals surface area contributed by atoms with Crippen LogP contribution in [0.2, 0.25) is 0 Å². The first-order valence-electron chi connectivity index (χ1n) is 8.19. The molecule has 0 aromatic heterocycles. The van der Waals surface area contributed by atoms with E-state index in [1.54, 1.807) is 5.57 Å². The Labute approximate surface area is 131 Å². The summed E-state index contributed by atoms with van der Waals surface area (Å²) in [6, 6.07) is 0. The van der Waals surface area contributed by atoms with Crippen molar-refractivity contribution in [3.05, 3.63) is 23.8 Å². The van der Waals surface area contributed by atoms with Crippen LogP contribution < -0.4 is 0 Å². The summed E-state index contributed by atoms with van der Waals surface area (Å²) in [7, 11) is 0. The predicted molar refractivity (Wildman–Crippen MR) is 89.5 cm³/mol. The minimum Gasteiger partial charge on any atom is -0.394 e. The summed E-state index contributed by atoms with van der Waals surface area (Å²) < 4.78 is 10.2. The van der Waals surface area contributed by atoms with Gasteiger partial charge in [0.1, 0.15) is 0 Å². The van der Waals surface area contributed by atoms with E-state index < -0.39 is 0 Å². The van der Waals surface area contributed by atoms with Crippen LogP contribution in [-0.4, -0.2) is 38.1 Å². The zero-order chi connectivity index (χ0) is 15.9. The van der Waals surface area contributed by atoms with Gasteiger partial charge in [0.15, 0.2) is 0 Å². The van der Waals surface area contributed by atoms with E-state index >= 15 is 0 Å². The van der Waals surface area contributed by atoms with Gasteiger partial charge in [0, 0.05) is 6.61 Å². The fourth-order valence-corrected chi connectivity index (χ4v) is 2.05. The molecule has 0 spiro atoms. The molecular formula is C18H34O3. The molecule has 21 heavy (non-hydrogen) atoms. The molecule has 0 saturated carbocycles. The van der Waals surface area contributed by atoms with Gasteiger partial charge in [-0.1, -0.05) is 37.1 Å². The second kappa shape index (κ2) is 14.3. The van der Waals surface area contributed by atoms with E-state index in [1.807, 2.05) is 0 Å². The highest BCUT2D eigenvalue weighted by Gasteiger charge is 2.11. The number of rotatable bonds is 9. The van der Waals surface area contributed by atoms with Crippen LogP contribution in [0.15, 0.2) is 23.8 Å². The van der Waals surface area contributed by atoms with E-state index in [4.69, 9.17) is 14.6 Å². The van der Waals surface area contributed by atoms with Crippen LogP contribution in [0.3, 0.4) is 0 Å². The summed E-state index contributed by atoms with van der Waals surface area (Å²) in [4.78, 5) is 0. The molecule has 1 atom stereocenters. The average molecular weight is 298 g/mol. The lowest BCUT2D eigenvalue weighted by Crippen LogP contribution is -2.07. The van der Waals surface area contributed by atoms with E-state index in [0.29, 0.717) is 19.8 Å². The SMILES string of the molecule is C=C(C)C1CC=C(C)CC1.CCCCOCCOCCO. The van der Waals surface area contributed by atoms with Crippen molar-refractivity contribution in [1.82, 2.24) is 0 Å². The molecule has 0 aromatic rings. The standard InChI is InChI=1S/C10H16.C8H18O3/c1-8(2)10-6-4-9(3)5-7-10;1-2-3-5-10-7-8-11-6-4-9/h4,10H,1,5-7H2,2-3H3;9H,2-8H2,1H3. The Hall–Kier alpha value is -0.640. The van der Waals surface area contributed by atoms with Crippen LogP contribution in [0.4, 0.5) is 0 Å². The molecular weight excluding hydrogens is 264 g/mol. The zero-order valence-electron chi connectivity index (χ0n) is 14.2. The highest BCUT2D eigenvalue weighted by Crippen LogP contribution is 2.27. The van der Waals surface area contributed by atoms with Crippen molar-refractivity contribution in [2.45, 2.75) is 52.9 Å². The summed E-state index contributed by atoms with van der Waals surface area (Å²) in [6.07, 6.45) is 8.44. The molecule has 3 nitrogen and oxygen atoms in total. The van der Waals surface area contributed by atoms with Gasteiger partial charge in [0.05, 0.1) is 26.4 Å². The molecule has 0 radical (unpaired) electrons. The molecule has 1 N–H and O–H groups in total. The number of aliphatic hydroxyl groups is 1. The highest BCUT2D eigenvalue weighted by atomic mass is 16.5. The van der Waals surface area contributed by atoms with Gasteiger partial charge in [0.2, 0.25) is 0 Å². The van der Waals surface area contributed by atoms with Crippen LogP contribution >= 0.6 is 0 Å². The molecule has 3 heteroatoms. The van der Waals surface area contributed by atoms with Crippen molar-refractivity contribution in [1.29, 1.82) is 0 Å². The van der Waals surface area contributed by atoms with Gasteiger partial charge in [-0.05, 0) is 45.4 Å². The molecule has 1 aliphatic rings. The monoisotopic (exact) mass is 298 g/mol. The number of allylic oxidation sites excluding steroid dienone is 3. The summed E-state index contributed by atoms with van der Waals surface area (Å²) in [5.41, 5.74) is 2.90. The van der Waals surface area contributed by atoms with E-state index in [9.17, 15) is 0 Å². The second-order valence-corrected chi connectivity index (χ2v) is 5.67. The summed E-state index contributed by atoms with van der Waals surface area (Å²) in [5, 5.41) is 8.34. The van der Waals surface area contributed by atoms with Gasteiger partial charge in [-0.25, -0.2) is 0 Å². The minimum absolute atomic E-state index is 0.0922. The van der Waals surface area contributed by atoms with Gasteiger partial charge in [-0.3, -0.25) is 0 Å². The quantitative estimate of drug-likeness (QED) is 0.514. The Morgan fingerprint density at radius 1 is 1.29 bits per heavy atom. The summed E-state index contributed by atoms with van der Waals surface area (Å²) >= 11 is 0. The molecule has 0 aliphatic heterocycles. The molecule has 0 aromatic carbocycles. The average Bonchev–Trinajstić information content (AvgIpc) is 2.47. The van der Waals surface area contributed by atoms with E-state index in [-0.39, 0.29) is 6.61 Å². The Bertz CT molecular complexity index is 276. The van der Waals surface area contributed by atoms with Crippen LogP contribution in [0, 0.1) is 5.92 Å². The Morgan fingerprint density at radius 2 is 1.95 bits per heavy atom. The first-order valence-corrected chi connectivity index (χ1v) is 8.19.